The molecule has 0 rings (SSSR count). The normalized spacial score (nSPS) is 12.3. The monoisotopic (exact) mass is 1320 g/mol. The first-order chi connectivity index (χ1) is 44.6. The lowest BCUT2D eigenvalue weighted by molar-refractivity contribution is -0.147. The summed E-state index contributed by atoms with van der Waals surface area (Å²) in [4.78, 5) is 53.1. The molecular formula is C72H136N2O18. The van der Waals surface area contributed by atoms with E-state index >= 15 is 0 Å². The molecule has 0 aliphatic carbocycles. The maximum atomic E-state index is 12.9. The van der Waals surface area contributed by atoms with E-state index in [9.17, 15) is 19.2 Å². The summed E-state index contributed by atoms with van der Waals surface area (Å²) in [6, 6.07) is 0. The van der Waals surface area contributed by atoms with E-state index in [1.807, 2.05) is 0 Å². The van der Waals surface area contributed by atoms with Crippen molar-refractivity contribution < 1.29 is 85.5 Å². The van der Waals surface area contributed by atoms with Crippen LogP contribution in [0.25, 0.3) is 0 Å². The Morgan fingerprint density at radius 3 is 0.989 bits per heavy atom. The number of methoxy groups -OCH3 is 1. The molecule has 0 spiro atoms. The number of ether oxygens (including phenoxy) is 14. The highest BCUT2D eigenvalue weighted by Gasteiger charge is 2.27. The third kappa shape index (κ3) is 66.6. The first-order valence-corrected chi connectivity index (χ1v) is 35.9. The molecule has 0 aliphatic heterocycles. The molecular weight excluding hydrogens is 1180 g/mol. The van der Waals surface area contributed by atoms with Gasteiger partial charge in [0.25, 0.3) is 0 Å². The Morgan fingerprint density at radius 1 is 0.337 bits per heavy atom. The first-order valence-electron chi connectivity index (χ1n) is 35.9. The number of hydrogen-bond donors (Lipinski definition) is 0. The predicted octanol–water partition coefficient (Wildman–Crippen LogP) is 14.8. The van der Waals surface area contributed by atoms with Crippen LogP contribution in [0.2, 0.25) is 0 Å². The third-order valence-corrected chi connectivity index (χ3v) is 14.3. The predicted molar refractivity (Wildman–Crippen MR) is 365 cm³/mol. The average molecular weight is 1320 g/mol. The molecule has 0 fully saturated rings. The van der Waals surface area contributed by atoms with Crippen LogP contribution in [0.1, 0.15) is 235 Å². The number of amides is 2. The highest BCUT2D eigenvalue weighted by molar-refractivity contribution is 5.79. The number of nitrogens with zero attached hydrogens (tertiary/aromatic N) is 2. The maximum absolute atomic E-state index is 12.9. The highest BCUT2D eigenvalue weighted by atomic mass is 16.6. The zero-order valence-electron chi connectivity index (χ0n) is 59.9. The van der Waals surface area contributed by atoms with Crippen LogP contribution in [0.3, 0.4) is 0 Å². The van der Waals surface area contributed by atoms with E-state index in [2.05, 4.69) is 38.2 Å². The summed E-state index contributed by atoms with van der Waals surface area (Å²) in [6.45, 7) is 21.3. The van der Waals surface area contributed by atoms with Gasteiger partial charge in [0.15, 0.2) is 0 Å². The van der Waals surface area contributed by atoms with Gasteiger partial charge in [-0.05, 0) is 106 Å². The van der Waals surface area contributed by atoms with Gasteiger partial charge in [0, 0.05) is 26.9 Å². The van der Waals surface area contributed by atoms with Gasteiger partial charge in [0.05, 0.1) is 112 Å². The molecule has 0 aromatic heterocycles. The second-order valence-corrected chi connectivity index (χ2v) is 25.4. The number of allylic oxidation sites excluding steroid dienone is 4. The standard InChI is InChI=1S/C72H136N2O18/c1-10-12-14-16-18-20-22-24-26-28-30-32-34-36-38-40-44-86-64-66(88-45-41-39-37-35-33-31-29-27-25-23-21-19-17-15-13-11-2)65-87-59-58-84-55-54-82-51-50-80-48-49-81-52-53-83-56-57-85-60-61-90-68(76)63-74(70(78)92-72(6,7)8)43-47-89-67(75)62-73(42-46-79-9)69(77)91-71(3,4)5/h24-27,66H,10-23,28-65H2,1-9H3/b26-24-,27-25-. The fraction of sp³-hybridized carbons (Fsp3) is 0.889. The lowest BCUT2D eigenvalue weighted by Gasteiger charge is -2.27. The molecule has 20 nitrogen and oxygen atoms in total. The van der Waals surface area contributed by atoms with Crippen LogP contribution >= 0.6 is 0 Å². The van der Waals surface area contributed by atoms with Crippen LogP contribution in [-0.2, 0) is 75.9 Å². The summed E-state index contributed by atoms with van der Waals surface area (Å²) in [7, 11) is 1.47. The molecule has 2 amide bonds. The minimum atomic E-state index is -0.847. The van der Waals surface area contributed by atoms with Gasteiger partial charge in [-0.25, -0.2) is 9.59 Å². The quantitative estimate of drug-likeness (QED) is 0.0240. The lowest BCUT2D eigenvalue weighted by atomic mass is 10.1. The SMILES string of the molecule is CCCCCCCC/C=C\CCCCCCCCOCC(COCCOCCOCCOCCOCCOCCOCCOC(=O)CN(CCOC(=O)CN(CCOC)C(=O)OC(C)(C)C)C(=O)OC(C)(C)C)OCCCCCCCC/C=C\CCCCCCCC. The molecule has 0 saturated heterocycles. The van der Waals surface area contributed by atoms with E-state index in [0.29, 0.717) is 85.9 Å². The van der Waals surface area contributed by atoms with Gasteiger partial charge in [0.2, 0.25) is 0 Å². The Hall–Kier alpha value is -3.44. The average Bonchev–Trinajstić information content (AvgIpc) is 1.33. The van der Waals surface area contributed by atoms with E-state index in [4.69, 9.17) is 66.3 Å². The number of esters is 2. The first kappa shape index (κ1) is 88.6. The fourth-order valence-corrected chi connectivity index (χ4v) is 9.16. The Balaban J connectivity index is 4.23. The van der Waals surface area contributed by atoms with Crippen LogP contribution in [0.4, 0.5) is 9.59 Å². The molecule has 542 valence electrons. The summed E-state index contributed by atoms with van der Waals surface area (Å²) >= 11 is 0. The summed E-state index contributed by atoms with van der Waals surface area (Å²) in [5.74, 6) is -1.44. The number of carbonyl (C=O) groups excluding carboxylic acids is 4. The van der Waals surface area contributed by atoms with Gasteiger partial charge < -0.3 is 66.3 Å². The van der Waals surface area contributed by atoms with E-state index < -0.39 is 48.4 Å². The van der Waals surface area contributed by atoms with Gasteiger partial charge in [-0.15, -0.1) is 0 Å². The van der Waals surface area contributed by atoms with Gasteiger partial charge in [-0.1, -0.05) is 154 Å². The van der Waals surface area contributed by atoms with Gasteiger partial charge in [-0.3, -0.25) is 19.4 Å². The number of rotatable bonds is 68. The maximum Gasteiger partial charge on any atom is 0.410 e. The van der Waals surface area contributed by atoms with Crippen molar-refractivity contribution in [3.05, 3.63) is 24.3 Å². The molecule has 92 heavy (non-hydrogen) atoms. The number of hydrogen-bond acceptors (Lipinski definition) is 18. The second-order valence-electron chi connectivity index (χ2n) is 25.4. The Labute approximate surface area is 559 Å². The Bertz CT molecular complexity index is 1710. The molecule has 0 aliphatic rings. The largest absolute Gasteiger partial charge is 0.462 e. The van der Waals surface area contributed by atoms with Crippen LogP contribution < -0.4 is 0 Å². The highest BCUT2D eigenvalue weighted by Crippen LogP contribution is 2.15. The molecule has 0 heterocycles. The van der Waals surface area contributed by atoms with Gasteiger partial charge in [-0.2, -0.15) is 0 Å². The summed E-state index contributed by atoms with van der Waals surface area (Å²) < 4.78 is 78.5. The van der Waals surface area contributed by atoms with E-state index in [1.165, 1.54) is 179 Å². The molecule has 0 N–H and O–H groups in total. The molecule has 0 aromatic carbocycles. The molecule has 0 saturated carbocycles. The van der Waals surface area contributed by atoms with Crippen molar-refractivity contribution in [3.8, 4) is 0 Å². The van der Waals surface area contributed by atoms with Crippen molar-refractivity contribution >= 4 is 24.1 Å². The van der Waals surface area contributed by atoms with E-state index in [1.54, 1.807) is 41.5 Å². The third-order valence-electron chi connectivity index (χ3n) is 14.3. The molecule has 0 bridgehead atoms. The number of unbranched alkanes of at least 4 members (excludes halogenated alkanes) is 24. The summed E-state index contributed by atoms with van der Waals surface area (Å²) in [6.07, 6.45) is 44.2. The summed E-state index contributed by atoms with van der Waals surface area (Å²) in [5.41, 5.74) is -1.62. The molecule has 0 radical (unpaired) electrons. The lowest BCUT2D eigenvalue weighted by Crippen LogP contribution is -2.43. The Morgan fingerprint density at radius 2 is 0.630 bits per heavy atom. The van der Waals surface area contributed by atoms with E-state index in [0.717, 1.165) is 31.0 Å². The minimum absolute atomic E-state index is 0.0550. The van der Waals surface area contributed by atoms with Crippen molar-refractivity contribution in [2.24, 2.45) is 0 Å². The number of carbonyl (C=O) groups is 4. The van der Waals surface area contributed by atoms with Gasteiger partial charge in [0.1, 0.15) is 43.6 Å². The minimum Gasteiger partial charge on any atom is -0.462 e. The van der Waals surface area contributed by atoms with Crippen LogP contribution in [-0.4, -0.2) is 217 Å². The summed E-state index contributed by atoms with van der Waals surface area (Å²) in [5, 5.41) is 0. The molecule has 1 atom stereocenters. The van der Waals surface area contributed by atoms with Crippen molar-refractivity contribution in [1.29, 1.82) is 0 Å². The second kappa shape index (κ2) is 66.2. The van der Waals surface area contributed by atoms with Crippen LogP contribution in [0.5, 0.6) is 0 Å². The molecule has 0 aromatic rings. The zero-order valence-corrected chi connectivity index (χ0v) is 59.9. The van der Waals surface area contributed by atoms with Gasteiger partial charge >= 0.3 is 24.1 Å². The van der Waals surface area contributed by atoms with Crippen LogP contribution in [0.15, 0.2) is 24.3 Å². The van der Waals surface area contributed by atoms with Crippen molar-refractivity contribution in [3.63, 3.8) is 0 Å². The van der Waals surface area contributed by atoms with Crippen LogP contribution in [0, 0.1) is 0 Å². The topological polar surface area (TPSA) is 204 Å². The Kier molecular flexibility index (Phi) is 63.7. The van der Waals surface area contributed by atoms with E-state index in [-0.39, 0.29) is 52.2 Å². The fourth-order valence-electron chi connectivity index (χ4n) is 9.16. The van der Waals surface area contributed by atoms with Crippen molar-refractivity contribution in [1.82, 2.24) is 9.80 Å². The zero-order chi connectivity index (χ0) is 67.5. The smallest absolute Gasteiger partial charge is 0.410 e. The van der Waals surface area contributed by atoms with Crippen molar-refractivity contribution in [2.75, 3.05) is 165 Å². The molecule has 20 heteroatoms. The van der Waals surface area contributed by atoms with Crippen molar-refractivity contribution in [2.45, 2.75) is 252 Å². The molecule has 1 unspecified atom stereocenters.